The van der Waals surface area contributed by atoms with Gasteiger partial charge in [-0.2, -0.15) is 0 Å². The molecule has 0 aromatic carbocycles. The van der Waals surface area contributed by atoms with E-state index in [4.69, 9.17) is 11.6 Å². The van der Waals surface area contributed by atoms with Gasteiger partial charge in [0.05, 0.1) is 10.0 Å². The Morgan fingerprint density at radius 1 is 1.41 bits per heavy atom. The molecule has 17 heavy (non-hydrogen) atoms. The molecule has 0 unspecified atom stereocenters. The van der Waals surface area contributed by atoms with Gasteiger partial charge < -0.3 is 0 Å². The summed E-state index contributed by atoms with van der Waals surface area (Å²) in [7, 11) is -2.06. The maximum absolute atomic E-state index is 12.2. The van der Waals surface area contributed by atoms with Crippen LogP contribution < -0.4 is 4.31 Å². The Bertz CT molecular complexity index is 632. The smallest absolute Gasteiger partial charge is 0.244 e. The van der Waals surface area contributed by atoms with Crippen molar-refractivity contribution in [1.29, 1.82) is 0 Å². The molecular weight excluding hydrogens is 300 g/mol. The Hall–Kier alpha value is -0.630. The van der Waals surface area contributed by atoms with Crippen molar-refractivity contribution in [2.75, 3.05) is 11.4 Å². The molecule has 0 saturated carbocycles. The molecule has 0 aliphatic carbocycles. The molecule has 0 atom stereocenters. The van der Waals surface area contributed by atoms with Crippen molar-refractivity contribution in [3.05, 3.63) is 27.5 Å². The van der Waals surface area contributed by atoms with E-state index >= 15 is 0 Å². The van der Waals surface area contributed by atoms with Crippen molar-refractivity contribution in [1.82, 2.24) is 4.98 Å². The standard InChI is InChI=1S/C9H9ClN2O2S3/c1-6-5-15-9(11-6)12(2)17(13,14)8-4-3-7(10)16-8/h3-5H,1-2H3. The lowest BCUT2D eigenvalue weighted by Gasteiger charge is -2.14. The van der Waals surface area contributed by atoms with Crippen molar-refractivity contribution in [2.24, 2.45) is 0 Å². The molecule has 92 valence electrons. The van der Waals surface area contributed by atoms with Crippen molar-refractivity contribution < 1.29 is 8.42 Å². The predicted octanol–water partition coefficient (Wildman–Crippen LogP) is 2.99. The third kappa shape index (κ3) is 2.47. The average Bonchev–Trinajstić information content (AvgIpc) is 2.86. The summed E-state index contributed by atoms with van der Waals surface area (Å²) >= 11 is 8.07. The minimum absolute atomic E-state index is 0.220. The topological polar surface area (TPSA) is 50.3 Å². The van der Waals surface area contributed by atoms with E-state index in [-0.39, 0.29) is 4.21 Å². The van der Waals surface area contributed by atoms with Crippen LogP contribution in [0, 0.1) is 6.92 Å². The van der Waals surface area contributed by atoms with Crippen LogP contribution in [0.5, 0.6) is 0 Å². The van der Waals surface area contributed by atoms with Gasteiger partial charge in [0.25, 0.3) is 10.0 Å². The van der Waals surface area contributed by atoms with E-state index in [0.717, 1.165) is 17.0 Å². The van der Waals surface area contributed by atoms with E-state index in [1.165, 1.54) is 28.8 Å². The summed E-state index contributed by atoms with van der Waals surface area (Å²) in [5, 5.41) is 2.26. The zero-order valence-corrected chi connectivity index (χ0v) is 12.3. The van der Waals surface area contributed by atoms with E-state index in [0.29, 0.717) is 9.47 Å². The molecule has 0 radical (unpaired) electrons. The Labute approximate surface area is 113 Å². The second-order valence-corrected chi connectivity index (χ2v) is 8.05. The summed E-state index contributed by atoms with van der Waals surface area (Å²) < 4.78 is 26.2. The maximum Gasteiger partial charge on any atom is 0.275 e. The summed E-state index contributed by atoms with van der Waals surface area (Å²) in [5.74, 6) is 0. The van der Waals surface area contributed by atoms with Crippen molar-refractivity contribution >= 4 is 49.4 Å². The van der Waals surface area contributed by atoms with E-state index in [2.05, 4.69) is 4.98 Å². The molecule has 2 rings (SSSR count). The van der Waals surface area contributed by atoms with Gasteiger partial charge in [-0.3, -0.25) is 0 Å². The van der Waals surface area contributed by atoms with Crippen LogP contribution in [0.2, 0.25) is 4.34 Å². The van der Waals surface area contributed by atoms with Crippen LogP contribution in [-0.4, -0.2) is 20.4 Å². The lowest BCUT2D eigenvalue weighted by Crippen LogP contribution is -2.25. The molecule has 0 aliphatic rings. The second kappa shape index (κ2) is 4.56. The summed E-state index contributed by atoms with van der Waals surface area (Å²) in [5.41, 5.74) is 0.802. The van der Waals surface area contributed by atoms with Gasteiger partial charge in [0, 0.05) is 12.4 Å². The highest BCUT2D eigenvalue weighted by molar-refractivity contribution is 7.95. The normalized spacial score (nSPS) is 11.7. The first kappa shape index (κ1) is 12.8. The molecule has 0 aliphatic heterocycles. The molecule has 0 spiro atoms. The molecular formula is C9H9ClN2O2S3. The summed E-state index contributed by atoms with van der Waals surface area (Å²) in [6.45, 7) is 1.82. The number of sulfonamides is 1. The maximum atomic E-state index is 12.2. The first-order valence-corrected chi connectivity index (χ1v) is 8.09. The fourth-order valence-corrected chi connectivity index (χ4v) is 4.95. The third-order valence-corrected chi connectivity index (χ3v) is 6.64. The highest BCUT2D eigenvalue weighted by Gasteiger charge is 2.24. The van der Waals surface area contributed by atoms with Gasteiger partial charge in [-0.1, -0.05) is 11.6 Å². The first-order chi connectivity index (χ1) is 7.91. The Morgan fingerprint density at radius 2 is 2.12 bits per heavy atom. The van der Waals surface area contributed by atoms with Gasteiger partial charge in [-0.25, -0.2) is 17.7 Å². The van der Waals surface area contributed by atoms with Gasteiger partial charge in [-0.15, -0.1) is 22.7 Å². The van der Waals surface area contributed by atoms with Crippen LogP contribution in [0.1, 0.15) is 5.69 Å². The number of aryl methyl sites for hydroxylation is 1. The number of thiophene rings is 1. The van der Waals surface area contributed by atoms with Crippen molar-refractivity contribution in [3.63, 3.8) is 0 Å². The third-order valence-electron chi connectivity index (χ3n) is 2.04. The number of anilines is 1. The molecule has 0 amide bonds. The van der Waals surface area contributed by atoms with E-state index in [9.17, 15) is 8.42 Å². The monoisotopic (exact) mass is 308 g/mol. The largest absolute Gasteiger partial charge is 0.275 e. The molecule has 0 saturated heterocycles. The summed E-state index contributed by atoms with van der Waals surface area (Å²) in [4.78, 5) is 4.15. The van der Waals surface area contributed by atoms with Crippen LogP contribution in [0.3, 0.4) is 0 Å². The van der Waals surface area contributed by atoms with E-state index in [1.807, 2.05) is 12.3 Å². The SMILES string of the molecule is Cc1csc(N(C)S(=O)(=O)c2ccc(Cl)s2)n1. The molecule has 2 aromatic rings. The molecule has 0 bridgehead atoms. The number of halogens is 1. The van der Waals surface area contributed by atoms with Crippen LogP contribution in [0.4, 0.5) is 5.13 Å². The molecule has 0 fully saturated rings. The Balaban J connectivity index is 2.39. The lowest BCUT2D eigenvalue weighted by atomic mass is 10.6. The number of thiazole rings is 1. The molecule has 2 aromatic heterocycles. The van der Waals surface area contributed by atoms with Crippen molar-refractivity contribution in [2.45, 2.75) is 11.1 Å². The van der Waals surface area contributed by atoms with Crippen LogP contribution in [0.25, 0.3) is 0 Å². The Kier molecular flexibility index (Phi) is 3.44. The molecule has 2 heterocycles. The van der Waals surface area contributed by atoms with Gasteiger partial charge in [-0.05, 0) is 19.1 Å². The molecule has 8 heteroatoms. The summed E-state index contributed by atoms with van der Waals surface area (Å²) in [6.07, 6.45) is 0. The zero-order chi connectivity index (χ0) is 12.6. The number of aromatic nitrogens is 1. The van der Waals surface area contributed by atoms with Crippen molar-refractivity contribution in [3.8, 4) is 0 Å². The summed E-state index contributed by atoms with van der Waals surface area (Å²) in [6, 6.07) is 3.07. The quantitative estimate of drug-likeness (QED) is 0.876. The van der Waals surface area contributed by atoms with Gasteiger partial charge in [0.2, 0.25) is 0 Å². The zero-order valence-electron chi connectivity index (χ0n) is 9.05. The fraction of sp³-hybridized carbons (Fsp3) is 0.222. The molecule has 0 N–H and O–H groups in total. The number of hydrogen-bond acceptors (Lipinski definition) is 5. The highest BCUT2D eigenvalue weighted by Crippen LogP contribution is 2.31. The van der Waals surface area contributed by atoms with Crippen LogP contribution in [-0.2, 0) is 10.0 Å². The lowest BCUT2D eigenvalue weighted by molar-refractivity contribution is 0.596. The van der Waals surface area contributed by atoms with Gasteiger partial charge in [0.1, 0.15) is 4.21 Å². The van der Waals surface area contributed by atoms with Crippen LogP contribution >= 0.6 is 34.3 Å². The van der Waals surface area contributed by atoms with Crippen LogP contribution in [0.15, 0.2) is 21.7 Å². The number of nitrogens with zero attached hydrogens (tertiary/aromatic N) is 2. The highest BCUT2D eigenvalue weighted by atomic mass is 35.5. The predicted molar refractivity (Wildman–Crippen MR) is 71.8 cm³/mol. The second-order valence-electron chi connectivity index (χ2n) is 3.30. The van der Waals surface area contributed by atoms with E-state index < -0.39 is 10.0 Å². The average molecular weight is 309 g/mol. The molecule has 4 nitrogen and oxygen atoms in total. The van der Waals surface area contributed by atoms with E-state index in [1.54, 1.807) is 6.07 Å². The number of rotatable bonds is 3. The van der Waals surface area contributed by atoms with Gasteiger partial charge in [0.15, 0.2) is 5.13 Å². The first-order valence-electron chi connectivity index (χ1n) is 4.57. The Morgan fingerprint density at radius 3 is 2.59 bits per heavy atom. The fourth-order valence-electron chi connectivity index (χ4n) is 1.16. The van der Waals surface area contributed by atoms with Gasteiger partial charge >= 0.3 is 0 Å². The minimum Gasteiger partial charge on any atom is -0.244 e. The minimum atomic E-state index is -3.54. The number of hydrogen-bond donors (Lipinski definition) is 0.